The zero-order valence-corrected chi connectivity index (χ0v) is 16.0. The van der Waals surface area contributed by atoms with Crippen LogP contribution in [-0.2, 0) is 17.8 Å². The van der Waals surface area contributed by atoms with Crippen molar-refractivity contribution in [1.82, 2.24) is 9.80 Å². The third kappa shape index (κ3) is 5.82. The monoisotopic (exact) mass is 377 g/mol. The molecule has 2 rings (SSSR count). The molecule has 1 atom stereocenters. The number of rotatable bonds is 7. The largest absolute Gasteiger partial charge is 0.330 e. The van der Waals surface area contributed by atoms with Crippen molar-refractivity contribution in [3.05, 3.63) is 75.8 Å². The molecule has 6 nitrogen and oxygen atoms in total. The molecule has 0 fully saturated rings. The first-order valence-corrected chi connectivity index (χ1v) is 8.11. The molecular formula is C19H24ClN3O3. The van der Waals surface area contributed by atoms with Gasteiger partial charge in [0.15, 0.2) is 0 Å². The van der Waals surface area contributed by atoms with Crippen LogP contribution >= 0.6 is 12.4 Å². The number of amides is 1. The number of carbonyl (C=O) groups excluding carboxylic acids is 1. The number of carbonyl (C=O) groups is 1. The van der Waals surface area contributed by atoms with E-state index >= 15 is 0 Å². The fourth-order valence-electron chi connectivity index (χ4n) is 2.59. The molecule has 0 heterocycles. The minimum Gasteiger partial charge on any atom is -0.330 e. The van der Waals surface area contributed by atoms with Gasteiger partial charge < -0.3 is 4.90 Å². The van der Waals surface area contributed by atoms with Crippen molar-refractivity contribution in [2.75, 3.05) is 14.1 Å². The number of halogens is 1. The second-order valence-corrected chi connectivity index (χ2v) is 6.14. The molecule has 0 N–H and O–H groups in total. The molecule has 0 radical (unpaired) electrons. The Kier molecular flexibility index (Phi) is 8.22. The zero-order chi connectivity index (χ0) is 18.4. The molecule has 0 aliphatic carbocycles. The number of benzene rings is 2. The summed E-state index contributed by atoms with van der Waals surface area (Å²) in [5.41, 5.74) is 1.82. The van der Waals surface area contributed by atoms with Gasteiger partial charge in [0, 0.05) is 25.7 Å². The summed E-state index contributed by atoms with van der Waals surface area (Å²) in [4.78, 5) is 26.7. The molecule has 0 saturated heterocycles. The Hall–Kier alpha value is -2.44. The lowest BCUT2D eigenvalue weighted by molar-refractivity contribution is -0.384. The van der Waals surface area contributed by atoms with Crippen molar-refractivity contribution in [1.29, 1.82) is 0 Å². The summed E-state index contributed by atoms with van der Waals surface area (Å²) in [6, 6.07) is 16.3. The van der Waals surface area contributed by atoms with E-state index in [1.807, 2.05) is 44.3 Å². The summed E-state index contributed by atoms with van der Waals surface area (Å²) >= 11 is 0. The van der Waals surface area contributed by atoms with Crippen molar-refractivity contribution in [3.8, 4) is 0 Å². The fraction of sp³-hybridized carbons (Fsp3) is 0.316. The molecule has 0 saturated carbocycles. The molecule has 1 amide bonds. The summed E-state index contributed by atoms with van der Waals surface area (Å²) in [5, 5.41) is 10.8. The summed E-state index contributed by atoms with van der Waals surface area (Å²) in [7, 11) is 3.72. The smallest absolute Gasteiger partial charge is 0.269 e. The molecule has 0 aliphatic heterocycles. The number of nitro benzene ring substituents is 1. The van der Waals surface area contributed by atoms with Gasteiger partial charge in [-0.2, -0.15) is 0 Å². The molecule has 2 aromatic carbocycles. The molecular weight excluding hydrogens is 354 g/mol. The van der Waals surface area contributed by atoms with Gasteiger partial charge in [0.25, 0.3) is 5.69 Å². The third-order valence-electron chi connectivity index (χ3n) is 4.34. The van der Waals surface area contributed by atoms with Crippen molar-refractivity contribution >= 4 is 24.0 Å². The Bertz CT molecular complexity index is 740. The van der Waals surface area contributed by atoms with E-state index in [1.54, 1.807) is 24.1 Å². The molecule has 140 valence electrons. The highest BCUT2D eigenvalue weighted by atomic mass is 35.5. The van der Waals surface area contributed by atoms with E-state index in [1.165, 1.54) is 17.7 Å². The van der Waals surface area contributed by atoms with E-state index in [-0.39, 0.29) is 36.6 Å². The van der Waals surface area contributed by atoms with E-state index in [0.29, 0.717) is 5.56 Å². The number of non-ortho nitro benzene ring substituents is 1. The van der Waals surface area contributed by atoms with E-state index < -0.39 is 4.92 Å². The van der Waals surface area contributed by atoms with Crippen LogP contribution in [0.1, 0.15) is 18.1 Å². The average Bonchev–Trinajstić information content (AvgIpc) is 2.61. The second kappa shape index (κ2) is 9.89. The first-order valence-electron chi connectivity index (χ1n) is 8.11. The fourth-order valence-corrected chi connectivity index (χ4v) is 2.59. The maximum atomic E-state index is 12.5. The summed E-state index contributed by atoms with van der Waals surface area (Å²) in [6.07, 6.45) is 0.0493. The minimum absolute atomic E-state index is 0. The van der Waals surface area contributed by atoms with Crippen LogP contribution in [0.4, 0.5) is 5.69 Å². The quantitative estimate of drug-likeness (QED) is 0.421. The summed E-state index contributed by atoms with van der Waals surface area (Å²) in [5.74, 6) is -0.0760. The molecule has 0 aromatic heterocycles. The molecule has 7 heteroatoms. The Morgan fingerprint density at radius 1 is 1.08 bits per heavy atom. The van der Waals surface area contributed by atoms with Crippen LogP contribution in [0, 0.1) is 10.1 Å². The first-order chi connectivity index (χ1) is 11.9. The van der Waals surface area contributed by atoms with E-state index in [0.717, 1.165) is 6.54 Å². The molecule has 2 aromatic rings. The van der Waals surface area contributed by atoms with Crippen LogP contribution in [0.5, 0.6) is 0 Å². The van der Waals surface area contributed by atoms with Gasteiger partial charge in [0.2, 0.25) is 5.91 Å². The highest BCUT2D eigenvalue weighted by Crippen LogP contribution is 2.15. The standard InChI is InChI=1S/C19H23N3O3.ClH/c1-15(20(2)14-16-8-5-4-6-9-16)21(3)19(23)13-17-10-7-11-18(12-17)22(24)25;/h4-12,15H,13-14H2,1-3H3;1H/t15-;/m0./s1. The van der Waals surface area contributed by atoms with Gasteiger partial charge in [0.1, 0.15) is 0 Å². The molecule has 26 heavy (non-hydrogen) atoms. The maximum absolute atomic E-state index is 12.5. The number of hydrogen-bond acceptors (Lipinski definition) is 4. The molecule has 0 spiro atoms. The lowest BCUT2D eigenvalue weighted by atomic mass is 10.1. The second-order valence-electron chi connectivity index (χ2n) is 6.14. The van der Waals surface area contributed by atoms with Gasteiger partial charge in [-0.15, -0.1) is 12.4 Å². The van der Waals surface area contributed by atoms with Crippen LogP contribution < -0.4 is 0 Å². The van der Waals surface area contributed by atoms with Crippen molar-refractivity contribution in [2.24, 2.45) is 0 Å². The predicted octanol–water partition coefficient (Wildman–Crippen LogP) is 3.50. The normalized spacial score (nSPS) is 11.5. The highest BCUT2D eigenvalue weighted by Gasteiger charge is 2.20. The van der Waals surface area contributed by atoms with E-state index in [2.05, 4.69) is 4.90 Å². The SMILES string of the molecule is C[C@@H](N(C)Cc1ccccc1)N(C)C(=O)Cc1cccc([N+](=O)[O-])c1.Cl. The number of nitro groups is 1. The van der Waals surface area contributed by atoms with Crippen LogP contribution in [0.2, 0.25) is 0 Å². The van der Waals surface area contributed by atoms with Gasteiger partial charge in [-0.1, -0.05) is 42.5 Å². The molecule has 0 aliphatic rings. The Balaban J connectivity index is 0.00000338. The maximum Gasteiger partial charge on any atom is 0.269 e. The van der Waals surface area contributed by atoms with Crippen LogP contribution in [0.15, 0.2) is 54.6 Å². The Labute approximate surface area is 160 Å². The number of likely N-dealkylation sites (N-methyl/N-ethyl adjacent to an activating group) is 1. The minimum atomic E-state index is -0.450. The molecule has 0 unspecified atom stereocenters. The van der Waals surface area contributed by atoms with Gasteiger partial charge in [-0.05, 0) is 25.1 Å². The predicted molar refractivity (Wildman–Crippen MR) is 104 cm³/mol. The molecule has 0 bridgehead atoms. The zero-order valence-electron chi connectivity index (χ0n) is 15.2. The van der Waals surface area contributed by atoms with E-state index in [4.69, 9.17) is 0 Å². The highest BCUT2D eigenvalue weighted by molar-refractivity contribution is 5.85. The van der Waals surface area contributed by atoms with Crippen LogP contribution in [0.25, 0.3) is 0 Å². The third-order valence-corrected chi connectivity index (χ3v) is 4.34. The summed E-state index contributed by atoms with van der Waals surface area (Å²) in [6.45, 7) is 2.70. The van der Waals surface area contributed by atoms with Crippen LogP contribution in [-0.4, -0.2) is 40.9 Å². The van der Waals surface area contributed by atoms with Crippen molar-refractivity contribution < 1.29 is 9.72 Å². The lowest BCUT2D eigenvalue weighted by Crippen LogP contribution is -2.45. The Morgan fingerprint density at radius 3 is 2.31 bits per heavy atom. The topological polar surface area (TPSA) is 66.7 Å². The number of nitrogens with zero attached hydrogens (tertiary/aromatic N) is 3. The van der Waals surface area contributed by atoms with Crippen LogP contribution in [0.3, 0.4) is 0 Å². The van der Waals surface area contributed by atoms with E-state index in [9.17, 15) is 14.9 Å². The van der Waals surface area contributed by atoms with Crippen molar-refractivity contribution in [2.45, 2.75) is 26.1 Å². The summed E-state index contributed by atoms with van der Waals surface area (Å²) < 4.78 is 0. The van der Waals surface area contributed by atoms with Gasteiger partial charge in [-0.3, -0.25) is 19.8 Å². The Morgan fingerprint density at radius 2 is 1.69 bits per heavy atom. The first kappa shape index (κ1) is 21.6. The lowest BCUT2D eigenvalue weighted by Gasteiger charge is -2.33. The van der Waals surface area contributed by atoms with Crippen molar-refractivity contribution in [3.63, 3.8) is 0 Å². The van der Waals surface area contributed by atoms with Gasteiger partial charge in [-0.25, -0.2) is 0 Å². The van der Waals surface area contributed by atoms with Gasteiger partial charge in [0.05, 0.1) is 17.5 Å². The number of hydrogen-bond donors (Lipinski definition) is 0. The van der Waals surface area contributed by atoms with Gasteiger partial charge >= 0.3 is 0 Å². The average molecular weight is 378 g/mol.